The van der Waals surface area contributed by atoms with E-state index in [-0.39, 0.29) is 23.6 Å². The zero-order valence-corrected chi connectivity index (χ0v) is 27.6. The molecular weight excluding hydrogens is 578 g/mol. The minimum absolute atomic E-state index is 0.0380. The molecule has 1 amide bonds. The van der Waals surface area contributed by atoms with Crippen LogP contribution in [0.5, 0.6) is 0 Å². The first-order valence-electron chi connectivity index (χ1n) is 18.1. The molecule has 8 heteroatoms. The number of anilines is 1. The van der Waals surface area contributed by atoms with E-state index in [2.05, 4.69) is 35.3 Å². The van der Waals surface area contributed by atoms with Gasteiger partial charge in [-0.05, 0) is 123 Å². The van der Waals surface area contributed by atoms with E-state index < -0.39 is 0 Å². The smallest absolute Gasteiger partial charge is 0.336 e. The molecule has 0 spiro atoms. The van der Waals surface area contributed by atoms with Crippen LogP contribution in [0.1, 0.15) is 101 Å². The van der Waals surface area contributed by atoms with E-state index in [0.717, 1.165) is 99.5 Å². The van der Waals surface area contributed by atoms with Crippen molar-refractivity contribution in [2.75, 3.05) is 31.1 Å². The average molecular weight is 628 g/mol. The molecule has 3 unspecified atom stereocenters. The van der Waals surface area contributed by atoms with Gasteiger partial charge in [-0.15, -0.1) is 0 Å². The maximum Gasteiger partial charge on any atom is 0.336 e. The van der Waals surface area contributed by atoms with Crippen LogP contribution in [0, 0.1) is 34.5 Å². The van der Waals surface area contributed by atoms with Gasteiger partial charge in [0.05, 0.1) is 5.71 Å². The summed E-state index contributed by atoms with van der Waals surface area (Å²) >= 11 is 0. The first-order valence-corrected chi connectivity index (χ1v) is 18.1. The Balaban J connectivity index is 0.889. The number of carbonyl (C=O) groups is 2. The minimum Gasteiger partial charge on any atom is -0.422 e. The SMILES string of the molecule is C[C@]12CCC3C(CC[C@H]4CC(=O)CC[C@]34C)C1CC/C2=N\OCC(=O)NCCc1cc(=O)oc2c3c4c(cc12)CCCN4CCC3. The molecule has 8 rings (SSSR count). The van der Waals surface area contributed by atoms with E-state index in [9.17, 15) is 14.4 Å². The van der Waals surface area contributed by atoms with Crippen molar-refractivity contribution in [1.82, 2.24) is 5.32 Å². The van der Waals surface area contributed by atoms with Crippen LogP contribution in [-0.2, 0) is 33.7 Å². The number of benzene rings is 1. The monoisotopic (exact) mass is 627 g/mol. The van der Waals surface area contributed by atoms with E-state index >= 15 is 0 Å². The number of hydrogen-bond acceptors (Lipinski definition) is 7. The van der Waals surface area contributed by atoms with Gasteiger partial charge in [-0.3, -0.25) is 9.59 Å². The fraction of sp³-hybridized carbons (Fsp3) is 0.684. The number of Topliss-reactive ketones (excluding diaryl/α,β-unsaturated/α-hetero) is 1. The quantitative estimate of drug-likeness (QED) is 0.305. The molecule has 4 fully saturated rings. The average Bonchev–Trinajstić information content (AvgIpc) is 3.38. The second-order valence-corrected chi connectivity index (χ2v) is 15.8. The molecule has 6 aliphatic rings. The lowest BCUT2D eigenvalue weighted by Gasteiger charge is -2.59. The number of rotatable bonds is 6. The molecule has 1 N–H and O–H groups in total. The molecule has 1 aromatic heterocycles. The number of fused-ring (bicyclic) bond motifs is 7. The standard InChI is InChI=1S/C38H49N3O5/c1-37-14-11-26(42)21-25(37)7-8-27-30-9-10-32(38(30,2)15-12-31(27)37)40-45-22-33(43)39-16-13-23-20-34(44)46-36-28-6-4-18-41-17-3-5-24(35(28)41)19-29(23)36/h19-20,25,27,30-31H,3-18,21-22H2,1-2H3,(H,39,43)/b40-32+/t25-,27?,30?,31?,37-,38-/m0/s1. The van der Waals surface area contributed by atoms with Crippen LogP contribution in [0.25, 0.3) is 11.0 Å². The van der Waals surface area contributed by atoms with Crippen LogP contribution in [0.4, 0.5) is 5.69 Å². The normalized spacial score (nSPS) is 34.1. The maximum absolute atomic E-state index is 12.8. The molecule has 4 aliphatic carbocycles. The van der Waals surface area contributed by atoms with Gasteiger partial charge in [0, 0.05) is 60.6 Å². The molecule has 4 saturated carbocycles. The zero-order chi connectivity index (χ0) is 31.6. The number of ketones is 1. The zero-order valence-electron chi connectivity index (χ0n) is 27.6. The number of carbonyl (C=O) groups excluding carboxylic acids is 2. The molecule has 2 aliphatic heterocycles. The molecule has 8 nitrogen and oxygen atoms in total. The van der Waals surface area contributed by atoms with Crippen molar-refractivity contribution in [3.05, 3.63) is 39.2 Å². The Kier molecular flexibility index (Phi) is 7.56. The number of nitrogens with zero attached hydrogens (tertiary/aromatic N) is 2. The van der Waals surface area contributed by atoms with Gasteiger partial charge in [0.15, 0.2) is 6.61 Å². The highest BCUT2D eigenvalue weighted by atomic mass is 16.6. The molecule has 0 radical (unpaired) electrons. The second-order valence-electron chi connectivity index (χ2n) is 15.8. The highest BCUT2D eigenvalue weighted by Crippen LogP contribution is 2.65. The summed E-state index contributed by atoms with van der Waals surface area (Å²) in [4.78, 5) is 45.8. The fourth-order valence-corrected chi connectivity index (χ4v) is 11.3. The fourth-order valence-electron chi connectivity index (χ4n) is 11.3. The van der Waals surface area contributed by atoms with Gasteiger partial charge in [0.25, 0.3) is 5.91 Å². The Morgan fingerprint density at radius 2 is 1.87 bits per heavy atom. The van der Waals surface area contributed by atoms with Crippen molar-refractivity contribution in [3.63, 3.8) is 0 Å². The van der Waals surface area contributed by atoms with E-state index in [1.54, 1.807) is 6.07 Å². The Morgan fingerprint density at radius 3 is 2.74 bits per heavy atom. The topological polar surface area (TPSA) is 101 Å². The van der Waals surface area contributed by atoms with Gasteiger partial charge in [-0.1, -0.05) is 19.0 Å². The molecule has 6 atom stereocenters. The molecule has 0 saturated heterocycles. The van der Waals surface area contributed by atoms with Crippen molar-refractivity contribution >= 4 is 34.1 Å². The number of hydrogen-bond donors (Lipinski definition) is 1. The summed E-state index contributed by atoms with van der Waals surface area (Å²) in [5, 5.41) is 8.60. The highest BCUT2D eigenvalue weighted by Gasteiger charge is 2.59. The lowest BCUT2D eigenvalue weighted by molar-refractivity contribution is -0.136. The molecule has 46 heavy (non-hydrogen) atoms. The predicted molar refractivity (Wildman–Crippen MR) is 178 cm³/mol. The third-order valence-electron chi connectivity index (χ3n) is 13.6. The summed E-state index contributed by atoms with van der Waals surface area (Å²) in [6.07, 6.45) is 14.2. The van der Waals surface area contributed by atoms with Gasteiger partial charge in [0.2, 0.25) is 0 Å². The van der Waals surface area contributed by atoms with Gasteiger partial charge >= 0.3 is 5.63 Å². The maximum atomic E-state index is 12.8. The van der Waals surface area contributed by atoms with Crippen molar-refractivity contribution in [2.45, 2.75) is 104 Å². The summed E-state index contributed by atoms with van der Waals surface area (Å²) in [5.41, 5.74) is 6.62. The number of oxime groups is 1. The van der Waals surface area contributed by atoms with Gasteiger partial charge in [0.1, 0.15) is 11.4 Å². The summed E-state index contributed by atoms with van der Waals surface area (Å²) in [6, 6.07) is 3.81. The van der Waals surface area contributed by atoms with E-state index in [1.165, 1.54) is 36.1 Å². The van der Waals surface area contributed by atoms with E-state index in [0.29, 0.717) is 47.8 Å². The Bertz CT molecular complexity index is 1660. The van der Waals surface area contributed by atoms with Gasteiger partial charge < -0.3 is 19.5 Å². The molecule has 1 aromatic carbocycles. The van der Waals surface area contributed by atoms with Crippen molar-refractivity contribution in [3.8, 4) is 0 Å². The van der Waals surface area contributed by atoms with E-state index in [4.69, 9.17) is 9.25 Å². The lowest BCUT2D eigenvalue weighted by atomic mass is 9.45. The molecule has 3 heterocycles. The Labute approximate surface area is 271 Å². The third-order valence-corrected chi connectivity index (χ3v) is 13.6. The van der Waals surface area contributed by atoms with Crippen LogP contribution in [0.15, 0.2) is 26.5 Å². The first kappa shape index (κ1) is 30.2. The highest BCUT2D eigenvalue weighted by molar-refractivity contribution is 5.92. The molecule has 0 bridgehead atoms. The van der Waals surface area contributed by atoms with Crippen molar-refractivity contribution < 1.29 is 18.8 Å². The van der Waals surface area contributed by atoms with Crippen LogP contribution < -0.4 is 15.8 Å². The summed E-state index contributed by atoms with van der Waals surface area (Å²) in [7, 11) is 0. The summed E-state index contributed by atoms with van der Waals surface area (Å²) in [5.74, 6) is 2.86. The minimum atomic E-state index is -0.328. The number of nitrogens with one attached hydrogen (secondary N) is 1. The van der Waals surface area contributed by atoms with Crippen molar-refractivity contribution in [1.29, 1.82) is 0 Å². The predicted octanol–water partition coefficient (Wildman–Crippen LogP) is 6.13. The van der Waals surface area contributed by atoms with Crippen LogP contribution >= 0.6 is 0 Å². The van der Waals surface area contributed by atoms with Gasteiger partial charge in [-0.2, -0.15) is 0 Å². The van der Waals surface area contributed by atoms with Crippen LogP contribution in [0.3, 0.4) is 0 Å². The third kappa shape index (κ3) is 4.92. The summed E-state index contributed by atoms with van der Waals surface area (Å²) < 4.78 is 5.79. The summed E-state index contributed by atoms with van der Waals surface area (Å²) in [6.45, 7) is 7.32. The van der Waals surface area contributed by atoms with Crippen LogP contribution in [0.2, 0.25) is 0 Å². The molecule has 246 valence electrons. The Hall–Kier alpha value is -3.16. The molecular formula is C38H49N3O5. The van der Waals surface area contributed by atoms with Crippen LogP contribution in [-0.4, -0.2) is 43.6 Å². The second kappa shape index (κ2) is 11.5. The first-order chi connectivity index (χ1) is 22.2. The Morgan fingerprint density at radius 1 is 1.02 bits per heavy atom. The molecule has 2 aromatic rings. The lowest BCUT2D eigenvalue weighted by Crippen LogP contribution is -2.53. The number of amides is 1. The number of aryl methyl sites for hydroxylation is 2. The van der Waals surface area contributed by atoms with Crippen molar-refractivity contribution in [2.24, 2.45) is 39.7 Å². The largest absolute Gasteiger partial charge is 0.422 e. The van der Waals surface area contributed by atoms with E-state index in [1.807, 2.05) is 0 Å². The van der Waals surface area contributed by atoms with Gasteiger partial charge in [-0.25, -0.2) is 4.79 Å².